The standard InChI is InChI=1S/C20H25BrN2O3/c1-4-26-18-11-14(10-16(21)19(18)25-3)9-15(12-22)20(24)23-17-8-6-5-7-13(17)2/h9-11,13,17H,4-8H2,1-3H3,(H,23,24)/b15-9+/t13-,17+/m1/s1. The number of amides is 1. The average molecular weight is 421 g/mol. The molecule has 1 aromatic carbocycles. The number of ether oxygens (including phenoxy) is 2. The molecule has 0 spiro atoms. The lowest BCUT2D eigenvalue weighted by Crippen LogP contribution is -2.41. The van der Waals surface area contributed by atoms with Gasteiger partial charge in [-0.1, -0.05) is 19.8 Å². The summed E-state index contributed by atoms with van der Waals surface area (Å²) in [5.74, 6) is 1.26. The maximum absolute atomic E-state index is 12.5. The summed E-state index contributed by atoms with van der Waals surface area (Å²) < 4.78 is 11.6. The van der Waals surface area contributed by atoms with E-state index in [9.17, 15) is 10.1 Å². The molecule has 1 N–H and O–H groups in total. The Morgan fingerprint density at radius 1 is 1.42 bits per heavy atom. The molecule has 1 saturated carbocycles. The molecule has 0 aromatic heterocycles. The second kappa shape index (κ2) is 9.63. The first-order valence-corrected chi connectivity index (χ1v) is 9.72. The van der Waals surface area contributed by atoms with E-state index in [0.717, 1.165) is 19.3 Å². The molecule has 140 valence electrons. The van der Waals surface area contributed by atoms with E-state index in [-0.39, 0.29) is 17.5 Å². The van der Waals surface area contributed by atoms with Gasteiger partial charge < -0.3 is 14.8 Å². The summed E-state index contributed by atoms with van der Waals surface area (Å²) in [5.41, 5.74) is 0.784. The molecule has 1 aliphatic rings. The van der Waals surface area contributed by atoms with Gasteiger partial charge in [0.05, 0.1) is 18.2 Å². The Balaban J connectivity index is 2.24. The first kappa shape index (κ1) is 20.3. The average Bonchev–Trinajstić information content (AvgIpc) is 2.61. The van der Waals surface area contributed by atoms with Crippen molar-refractivity contribution in [3.05, 3.63) is 27.7 Å². The lowest BCUT2D eigenvalue weighted by Gasteiger charge is -2.29. The summed E-state index contributed by atoms with van der Waals surface area (Å²) in [4.78, 5) is 12.5. The van der Waals surface area contributed by atoms with Crippen molar-refractivity contribution >= 4 is 27.9 Å². The van der Waals surface area contributed by atoms with E-state index in [1.807, 2.05) is 13.0 Å². The lowest BCUT2D eigenvalue weighted by atomic mass is 9.86. The van der Waals surface area contributed by atoms with Gasteiger partial charge in [-0.25, -0.2) is 0 Å². The van der Waals surface area contributed by atoms with Gasteiger partial charge in [0.1, 0.15) is 11.6 Å². The number of carbonyl (C=O) groups is 1. The molecular weight excluding hydrogens is 396 g/mol. The van der Waals surface area contributed by atoms with Crippen LogP contribution in [0.5, 0.6) is 11.5 Å². The van der Waals surface area contributed by atoms with Crippen LogP contribution in [0.4, 0.5) is 0 Å². The van der Waals surface area contributed by atoms with Crippen LogP contribution in [0.25, 0.3) is 6.08 Å². The first-order chi connectivity index (χ1) is 12.5. The van der Waals surface area contributed by atoms with Crippen LogP contribution >= 0.6 is 15.9 Å². The maximum atomic E-state index is 12.5. The van der Waals surface area contributed by atoms with Crippen molar-refractivity contribution in [2.45, 2.75) is 45.6 Å². The Hall–Kier alpha value is -2.00. The number of halogens is 1. The number of hydrogen-bond acceptors (Lipinski definition) is 4. The van der Waals surface area contributed by atoms with Crippen LogP contribution in [0.15, 0.2) is 22.2 Å². The van der Waals surface area contributed by atoms with Crippen molar-refractivity contribution in [1.82, 2.24) is 5.32 Å². The van der Waals surface area contributed by atoms with Crippen LogP contribution in [0.2, 0.25) is 0 Å². The van der Waals surface area contributed by atoms with Crippen molar-refractivity contribution < 1.29 is 14.3 Å². The Kier molecular flexibility index (Phi) is 7.52. The van der Waals surface area contributed by atoms with E-state index in [4.69, 9.17) is 9.47 Å². The number of hydrogen-bond donors (Lipinski definition) is 1. The lowest BCUT2D eigenvalue weighted by molar-refractivity contribution is -0.118. The summed E-state index contributed by atoms with van der Waals surface area (Å²) >= 11 is 3.45. The Bertz CT molecular complexity index is 725. The number of rotatable bonds is 6. The van der Waals surface area contributed by atoms with Crippen LogP contribution in [0.1, 0.15) is 45.1 Å². The number of nitrogens with one attached hydrogen (secondary N) is 1. The molecule has 6 heteroatoms. The van der Waals surface area contributed by atoms with E-state index in [2.05, 4.69) is 28.2 Å². The second-order valence-electron chi connectivity index (χ2n) is 6.48. The molecule has 0 bridgehead atoms. The van der Waals surface area contributed by atoms with Crippen LogP contribution in [0.3, 0.4) is 0 Å². The Morgan fingerprint density at radius 3 is 2.77 bits per heavy atom. The fourth-order valence-corrected chi connectivity index (χ4v) is 3.85. The maximum Gasteiger partial charge on any atom is 0.262 e. The van der Waals surface area contributed by atoms with Crippen LogP contribution < -0.4 is 14.8 Å². The van der Waals surface area contributed by atoms with Crippen molar-refractivity contribution in [3.63, 3.8) is 0 Å². The van der Waals surface area contributed by atoms with Gasteiger partial charge in [-0.3, -0.25) is 4.79 Å². The van der Waals surface area contributed by atoms with Crippen LogP contribution in [0, 0.1) is 17.2 Å². The largest absolute Gasteiger partial charge is 0.492 e. The molecule has 0 aliphatic heterocycles. The van der Waals surface area contributed by atoms with E-state index < -0.39 is 0 Å². The third kappa shape index (κ3) is 5.01. The minimum absolute atomic E-state index is 0.0855. The molecular formula is C20H25BrN2O3. The molecule has 1 amide bonds. The fourth-order valence-electron chi connectivity index (χ4n) is 3.22. The smallest absolute Gasteiger partial charge is 0.262 e. The molecule has 2 rings (SSSR count). The van der Waals surface area contributed by atoms with Crippen molar-refractivity contribution in [2.24, 2.45) is 5.92 Å². The highest BCUT2D eigenvalue weighted by Gasteiger charge is 2.24. The molecule has 26 heavy (non-hydrogen) atoms. The monoisotopic (exact) mass is 420 g/mol. The topological polar surface area (TPSA) is 71.3 Å². The molecule has 1 fully saturated rings. The fraction of sp³-hybridized carbons (Fsp3) is 0.500. The van der Waals surface area contributed by atoms with Crippen LogP contribution in [-0.4, -0.2) is 25.7 Å². The Morgan fingerprint density at radius 2 is 2.15 bits per heavy atom. The SMILES string of the molecule is CCOc1cc(/C=C(\C#N)C(=O)N[C@H]2CCCC[C@H]2C)cc(Br)c1OC. The summed E-state index contributed by atoms with van der Waals surface area (Å²) in [7, 11) is 1.57. The highest BCUT2D eigenvalue weighted by atomic mass is 79.9. The summed E-state index contributed by atoms with van der Waals surface area (Å²) in [6.45, 7) is 4.52. The third-order valence-electron chi connectivity index (χ3n) is 4.64. The number of nitrogens with zero attached hydrogens (tertiary/aromatic N) is 1. The van der Waals surface area contributed by atoms with Crippen molar-refractivity contribution in [1.29, 1.82) is 5.26 Å². The molecule has 0 unspecified atom stereocenters. The zero-order valence-electron chi connectivity index (χ0n) is 15.5. The van der Waals surface area contributed by atoms with Gasteiger partial charge in [0.25, 0.3) is 5.91 Å². The van der Waals surface area contributed by atoms with Gasteiger partial charge in [0.15, 0.2) is 11.5 Å². The minimum atomic E-state index is -0.323. The van der Waals surface area contributed by atoms with E-state index in [0.29, 0.717) is 34.1 Å². The van der Waals surface area contributed by atoms with Gasteiger partial charge in [-0.15, -0.1) is 0 Å². The second-order valence-corrected chi connectivity index (χ2v) is 7.33. The molecule has 0 heterocycles. The first-order valence-electron chi connectivity index (χ1n) is 8.93. The number of carbonyl (C=O) groups excluding carboxylic acids is 1. The summed E-state index contributed by atoms with van der Waals surface area (Å²) in [6, 6.07) is 5.72. The van der Waals surface area contributed by atoms with Gasteiger partial charge in [-0.05, 0) is 65.4 Å². The quantitative estimate of drug-likeness (QED) is 0.544. The van der Waals surface area contributed by atoms with E-state index in [1.165, 1.54) is 6.42 Å². The molecule has 1 aliphatic carbocycles. The van der Waals surface area contributed by atoms with Gasteiger partial charge in [-0.2, -0.15) is 5.26 Å². The highest BCUT2D eigenvalue weighted by Crippen LogP contribution is 2.37. The normalized spacial score (nSPS) is 20.2. The zero-order valence-corrected chi connectivity index (χ0v) is 17.1. The molecule has 2 atom stereocenters. The number of nitriles is 1. The van der Waals surface area contributed by atoms with Gasteiger partial charge >= 0.3 is 0 Å². The Labute approximate surface area is 163 Å². The van der Waals surface area contributed by atoms with Crippen LogP contribution in [-0.2, 0) is 4.79 Å². The highest BCUT2D eigenvalue weighted by molar-refractivity contribution is 9.10. The van der Waals surface area contributed by atoms with Gasteiger partial charge in [0.2, 0.25) is 0 Å². The summed E-state index contributed by atoms with van der Waals surface area (Å²) in [6.07, 6.45) is 5.97. The molecule has 5 nitrogen and oxygen atoms in total. The molecule has 1 aromatic rings. The zero-order chi connectivity index (χ0) is 19.1. The third-order valence-corrected chi connectivity index (χ3v) is 5.23. The van der Waals surface area contributed by atoms with E-state index >= 15 is 0 Å². The van der Waals surface area contributed by atoms with Crippen molar-refractivity contribution in [3.8, 4) is 17.6 Å². The predicted octanol–water partition coefficient (Wildman–Crippen LogP) is 4.46. The molecule has 0 saturated heterocycles. The minimum Gasteiger partial charge on any atom is -0.492 e. The summed E-state index contributed by atoms with van der Waals surface area (Å²) in [5, 5.41) is 12.5. The van der Waals surface area contributed by atoms with Crippen molar-refractivity contribution in [2.75, 3.05) is 13.7 Å². The molecule has 0 radical (unpaired) electrons. The number of methoxy groups -OCH3 is 1. The predicted molar refractivity (Wildman–Crippen MR) is 105 cm³/mol. The van der Waals surface area contributed by atoms with E-state index in [1.54, 1.807) is 25.3 Å². The number of benzene rings is 1. The van der Waals surface area contributed by atoms with Gasteiger partial charge in [0, 0.05) is 6.04 Å².